The number of nitrogens with one attached hydrogen (secondary N) is 2. The molecule has 0 aliphatic heterocycles. The molecule has 0 atom stereocenters. The zero-order chi connectivity index (χ0) is 16.1. The van der Waals surface area contributed by atoms with E-state index >= 15 is 0 Å². The number of thioether (sulfide) groups is 1. The van der Waals surface area contributed by atoms with Crippen molar-refractivity contribution in [3.63, 3.8) is 0 Å². The SMILES string of the molecule is O=C(CSc1nc2c(c(=O)[nH]1)CCC2)NCCc1ccccc1. The number of hydrogen-bond donors (Lipinski definition) is 2. The van der Waals surface area contributed by atoms with Crippen LogP contribution in [0, 0.1) is 0 Å². The Labute approximate surface area is 138 Å². The fourth-order valence-electron chi connectivity index (χ4n) is 2.66. The third-order valence-corrected chi connectivity index (χ3v) is 4.71. The molecule has 1 aliphatic rings. The van der Waals surface area contributed by atoms with E-state index < -0.39 is 0 Å². The fraction of sp³-hybridized carbons (Fsp3) is 0.353. The maximum atomic E-state index is 11.9. The minimum Gasteiger partial charge on any atom is -0.355 e. The first kappa shape index (κ1) is 15.8. The second-order valence-corrected chi connectivity index (χ2v) is 6.49. The van der Waals surface area contributed by atoms with Crippen LogP contribution in [0.5, 0.6) is 0 Å². The molecule has 1 aromatic carbocycles. The van der Waals surface area contributed by atoms with Gasteiger partial charge < -0.3 is 10.3 Å². The molecule has 0 saturated carbocycles. The van der Waals surface area contributed by atoms with E-state index in [9.17, 15) is 9.59 Å². The van der Waals surface area contributed by atoms with Gasteiger partial charge in [-0.1, -0.05) is 42.1 Å². The normalized spacial score (nSPS) is 12.9. The van der Waals surface area contributed by atoms with Gasteiger partial charge in [0.15, 0.2) is 5.16 Å². The van der Waals surface area contributed by atoms with Crippen LogP contribution >= 0.6 is 11.8 Å². The molecule has 120 valence electrons. The fourth-order valence-corrected chi connectivity index (χ4v) is 3.37. The maximum Gasteiger partial charge on any atom is 0.254 e. The Kier molecular flexibility index (Phi) is 5.12. The predicted octanol–water partition coefficient (Wildman–Crippen LogP) is 1.71. The van der Waals surface area contributed by atoms with E-state index in [1.807, 2.05) is 30.3 Å². The average molecular weight is 329 g/mol. The number of aromatic nitrogens is 2. The zero-order valence-corrected chi connectivity index (χ0v) is 13.6. The van der Waals surface area contributed by atoms with Crippen molar-refractivity contribution in [3.8, 4) is 0 Å². The van der Waals surface area contributed by atoms with Crippen LogP contribution in [0.2, 0.25) is 0 Å². The molecule has 1 heterocycles. The summed E-state index contributed by atoms with van der Waals surface area (Å²) in [4.78, 5) is 31.0. The van der Waals surface area contributed by atoms with Crippen LogP contribution in [-0.4, -0.2) is 28.2 Å². The van der Waals surface area contributed by atoms with Gasteiger partial charge in [-0.15, -0.1) is 0 Å². The number of benzene rings is 1. The smallest absolute Gasteiger partial charge is 0.254 e. The Balaban J connectivity index is 1.46. The minimum atomic E-state index is -0.0560. The van der Waals surface area contributed by atoms with E-state index in [0.717, 1.165) is 36.9 Å². The largest absolute Gasteiger partial charge is 0.355 e. The van der Waals surface area contributed by atoms with Crippen molar-refractivity contribution >= 4 is 17.7 Å². The van der Waals surface area contributed by atoms with Gasteiger partial charge in [-0.2, -0.15) is 0 Å². The van der Waals surface area contributed by atoms with Crippen LogP contribution in [0.4, 0.5) is 0 Å². The molecule has 0 unspecified atom stereocenters. The second-order valence-electron chi connectivity index (χ2n) is 5.52. The molecular formula is C17H19N3O2S. The van der Waals surface area contributed by atoms with Gasteiger partial charge in [0, 0.05) is 12.1 Å². The summed E-state index contributed by atoms with van der Waals surface area (Å²) in [6.07, 6.45) is 3.46. The Bertz CT molecular complexity index is 743. The number of amides is 1. The van der Waals surface area contributed by atoms with E-state index in [1.54, 1.807) is 0 Å². The number of carbonyl (C=O) groups is 1. The van der Waals surface area contributed by atoms with Gasteiger partial charge in [0.05, 0.1) is 11.4 Å². The van der Waals surface area contributed by atoms with Gasteiger partial charge in [0.25, 0.3) is 5.56 Å². The number of H-pyrrole nitrogens is 1. The molecule has 3 rings (SSSR count). The summed E-state index contributed by atoms with van der Waals surface area (Å²) >= 11 is 1.28. The van der Waals surface area contributed by atoms with Crippen LogP contribution in [0.25, 0.3) is 0 Å². The van der Waals surface area contributed by atoms with Crippen LogP contribution in [-0.2, 0) is 24.1 Å². The van der Waals surface area contributed by atoms with E-state index in [0.29, 0.717) is 11.7 Å². The lowest BCUT2D eigenvalue weighted by atomic mass is 10.1. The lowest BCUT2D eigenvalue weighted by molar-refractivity contribution is -0.118. The molecule has 2 aromatic rings. The number of hydrogen-bond acceptors (Lipinski definition) is 4. The van der Waals surface area contributed by atoms with Crippen LogP contribution in [0.15, 0.2) is 40.3 Å². The monoisotopic (exact) mass is 329 g/mol. The van der Waals surface area contributed by atoms with Gasteiger partial charge in [-0.3, -0.25) is 9.59 Å². The van der Waals surface area contributed by atoms with Crippen LogP contribution in [0.1, 0.15) is 23.2 Å². The summed E-state index contributed by atoms with van der Waals surface area (Å²) in [5.41, 5.74) is 2.84. The first-order valence-electron chi connectivity index (χ1n) is 7.78. The zero-order valence-electron chi connectivity index (χ0n) is 12.8. The van der Waals surface area contributed by atoms with E-state index in [1.165, 1.54) is 17.3 Å². The third-order valence-electron chi connectivity index (χ3n) is 3.84. The topological polar surface area (TPSA) is 74.8 Å². The highest BCUT2D eigenvalue weighted by Crippen LogP contribution is 2.19. The lowest BCUT2D eigenvalue weighted by Gasteiger charge is -2.06. The van der Waals surface area contributed by atoms with E-state index in [2.05, 4.69) is 15.3 Å². The van der Waals surface area contributed by atoms with Crippen LogP contribution < -0.4 is 10.9 Å². The highest BCUT2D eigenvalue weighted by atomic mass is 32.2. The molecule has 6 heteroatoms. The van der Waals surface area contributed by atoms with Gasteiger partial charge in [-0.05, 0) is 31.2 Å². The number of fused-ring (bicyclic) bond motifs is 1. The summed E-state index contributed by atoms with van der Waals surface area (Å²) in [7, 11) is 0. The van der Waals surface area contributed by atoms with E-state index in [-0.39, 0.29) is 17.2 Å². The summed E-state index contributed by atoms with van der Waals surface area (Å²) < 4.78 is 0. The maximum absolute atomic E-state index is 11.9. The molecule has 5 nitrogen and oxygen atoms in total. The molecule has 0 saturated heterocycles. The van der Waals surface area contributed by atoms with Gasteiger partial charge >= 0.3 is 0 Å². The molecule has 0 spiro atoms. The first-order valence-corrected chi connectivity index (χ1v) is 8.76. The molecule has 1 aromatic heterocycles. The minimum absolute atomic E-state index is 0.0471. The average Bonchev–Trinajstić information content (AvgIpc) is 3.03. The Morgan fingerprint density at radius 2 is 2.09 bits per heavy atom. The number of rotatable bonds is 6. The molecule has 1 aliphatic carbocycles. The molecule has 23 heavy (non-hydrogen) atoms. The summed E-state index contributed by atoms with van der Waals surface area (Å²) in [5.74, 6) is 0.213. The quantitative estimate of drug-likeness (QED) is 0.625. The number of aryl methyl sites for hydroxylation is 1. The van der Waals surface area contributed by atoms with Gasteiger partial charge in [0.2, 0.25) is 5.91 Å². The molecule has 0 radical (unpaired) electrons. The molecule has 0 bridgehead atoms. The van der Waals surface area contributed by atoms with Crippen molar-refractivity contribution in [3.05, 3.63) is 57.5 Å². The van der Waals surface area contributed by atoms with Gasteiger partial charge in [-0.25, -0.2) is 4.98 Å². The van der Waals surface area contributed by atoms with Crippen molar-refractivity contribution in [1.29, 1.82) is 0 Å². The number of aromatic amines is 1. The molecule has 0 fully saturated rings. The standard InChI is InChI=1S/C17H19N3O2S/c21-15(18-10-9-12-5-2-1-3-6-12)11-23-17-19-14-8-4-7-13(14)16(22)20-17/h1-3,5-6H,4,7-11H2,(H,18,21)(H,19,20,22). The summed E-state index contributed by atoms with van der Waals surface area (Å²) in [6, 6.07) is 10.0. The molecular weight excluding hydrogens is 310 g/mol. The third kappa shape index (κ3) is 4.22. The molecule has 1 amide bonds. The van der Waals surface area contributed by atoms with Crippen molar-refractivity contribution in [2.45, 2.75) is 30.8 Å². The second kappa shape index (κ2) is 7.46. The van der Waals surface area contributed by atoms with Crippen molar-refractivity contribution in [2.24, 2.45) is 0 Å². The van der Waals surface area contributed by atoms with Crippen LogP contribution in [0.3, 0.4) is 0 Å². The van der Waals surface area contributed by atoms with E-state index in [4.69, 9.17) is 0 Å². The van der Waals surface area contributed by atoms with Crippen molar-refractivity contribution < 1.29 is 4.79 Å². The first-order chi connectivity index (χ1) is 11.2. The lowest BCUT2D eigenvalue weighted by Crippen LogP contribution is -2.27. The number of carbonyl (C=O) groups excluding carboxylic acids is 1. The number of nitrogens with zero attached hydrogens (tertiary/aromatic N) is 1. The highest BCUT2D eigenvalue weighted by molar-refractivity contribution is 7.99. The predicted molar refractivity (Wildman–Crippen MR) is 90.8 cm³/mol. The van der Waals surface area contributed by atoms with Gasteiger partial charge in [0.1, 0.15) is 0 Å². The Morgan fingerprint density at radius 3 is 2.91 bits per heavy atom. The Morgan fingerprint density at radius 1 is 1.26 bits per heavy atom. The summed E-state index contributed by atoms with van der Waals surface area (Å²) in [6.45, 7) is 0.609. The van der Waals surface area contributed by atoms with Crippen molar-refractivity contribution in [1.82, 2.24) is 15.3 Å². The summed E-state index contributed by atoms with van der Waals surface area (Å²) in [5, 5.41) is 3.42. The van der Waals surface area contributed by atoms with Crippen molar-refractivity contribution in [2.75, 3.05) is 12.3 Å². The Hall–Kier alpha value is -2.08. The molecule has 2 N–H and O–H groups in total. The highest BCUT2D eigenvalue weighted by Gasteiger charge is 2.17.